The molecule has 3 nitrogen and oxygen atoms in total. The van der Waals surface area contributed by atoms with Gasteiger partial charge in [0.25, 0.3) is 6.02 Å². The van der Waals surface area contributed by atoms with Gasteiger partial charge in [0.1, 0.15) is 41.0 Å². The van der Waals surface area contributed by atoms with E-state index in [4.69, 9.17) is 11.2 Å². The molecule has 0 saturated carbocycles. The van der Waals surface area contributed by atoms with Crippen LogP contribution in [0.15, 0.2) is 16.7 Å². The van der Waals surface area contributed by atoms with Gasteiger partial charge in [0.2, 0.25) is 0 Å². The highest BCUT2D eigenvalue weighted by molar-refractivity contribution is 7.15. The predicted molar refractivity (Wildman–Crippen MR) is 122 cm³/mol. The summed E-state index contributed by atoms with van der Waals surface area (Å²) in [5.74, 6) is -46.0. The first-order chi connectivity index (χ1) is 20.5. The van der Waals surface area contributed by atoms with Gasteiger partial charge < -0.3 is 10.1 Å². The fourth-order valence-corrected chi connectivity index (χ4v) is 4.67. The molecule has 44 heavy (non-hydrogen) atoms. The van der Waals surface area contributed by atoms with E-state index in [0.717, 1.165) is 0 Å². The average Bonchev–Trinajstić information content (AvgIpc) is 3.44. The number of terminal acetylenes is 1. The Bertz CT molecular complexity index is 1600. The molecule has 1 aliphatic heterocycles. The zero-order valence-corrected chi connectivity index (χ0v) is 20.7. The van der Waals surface area contributed by atoms with Crippen LogP contribution in [0.2, 0.25) is 0 Å². The van der Waals surface area contributed by atoms with Gasteiger partial charge in [-0.2, -0.15) is 5.98 Å². The van der Waals surface area contributed by atoms with E-state index in [9.17, 15) is 39.5 Å². The van der Waals surface area contributed by atoms with Crippen molar-refractivity contribution in [1.29, 1.82) is 0 Å². The fourth-order valence-electron chi connectivity index (χ4n) is 4.67. The van der Waals surface area contributed by atoms with Crippen molar-refractivity contribution in [2.24, 2.45) is 4.99 Å². The second-order valence-electron chi connectivity index (χ2n) is 8.80. The molecule has 0 radical (unpaired) electrons. The van der Waals surface area contributed by atoms with Gasteiger partial charge in [-0.15, -0.1) is 22.8 Å². The number of hydrogen-bond donors (Lipinski definition) is 1. The third kappa shape index (κ3) is 4.59. The molecule has 0 bridgehead atoms. The molecule has 0 aromatic heterocycles. The lowest BCUT2D eigenvalue weighted by Gasteiger charge is -2.41. The van der Waals surface area contributed by atoms with Gasteiger partial charge >= 0.3 is 0 Å². The third-order valence-corrected chi connectivity index (χ3v) is 6.48. The van der Waals surface area contributed by atoms with Crippen LogP contribution in [0, 0.1) is 99.6 Å². The number of ether oxygens (including phenoxy) is 1. The summed E-state index contributed by atoms with van der Waals surface area (Å²) in [6, 6.07) is -0.689. The summed E-state index contributed by atoms with van der Waals surface area (Å²) in [5.41, 5.74) is -8.35. The molecule has 1 N–H and O–H groups in total. The van der Waals surface area contributed by atoms with E-state index in [0.29, 0.717) is 0 Å². The van der Waals surface area contributed by atoms with E-state index >= 15 is 26.3 Å². The highest BCUT2D eigenvalue weighted by Gasteiger charge is 2.47. The number of nitrogens with zero attached hydrogens (tertiary/aromatic N) is 1. The highest BCUT2D eigenvalue weighted by atomic mass is 19.2. The van der Waals surface area contributed by atoms with Gasteiger partial charge in [-0.3, -0.25) is 0 Å². The minimum atomic E-state index is -5.89. The van der Waals surface area contributed by atoms with Gasteiger partial charge in [0.05, 0.1) is 18.8 Å². The van der Waals surface area contributed by atoms with E-state index in [2.05, 4.69) is 10.3 Å². The van der Waals surface area contributed by atoms with Crippen molar-refractivity contribution in [2.75, 3.05) is 13.1 Å². The van der Waals surface area contributed by atoms with Crippen molar-refractivity contribution < 1.29 is 70.6 Å². The van der Waals surface area contributed by atoms with Crippen LogP contribution in [0.5, 0.6) is 0 Å². The van der Waals surface area contributed by atoms with Crippen LogP contribution in [-0.4, -0.2) is 25.3 Å². The number of halogens is 15. The second-order valence-corrected chi connectivity index (χ2v) is 8.80. The lowest BCUT2D eigenvalue weighted by Crippen LogP contribution is -2.72. The molecular weight excluding hydrogens is 640 g/mol. The van der Waals surface area contributed by atoms with Crippen LogP contribution in [0.25, 0.3) is 0 Å². The van der Waals surface area contributed by atoms with Crippen LogP contribution in [0.1, 0.15) is 0 Å². The van der Waals surface area contributed by atoms with E-state index < -0.39 is 135 Å². The maximum Gasteiger partial charge on any atom is 0.291 e. The van der Waals surface area contributed by atoms with E-state index in [1.54, 1.807) is 0 Å². The fraction of sp³-hybridized carbons (Fsp3) is 0.0800. The van der Waals surface area contributed by atoms with Gasteiger partial charge in [-0.1, -0.05) is 5.92 Å². The Hall–Kier alpha value is -4.76. The van der Waals surface area contributed by atoms with Crippen LogP contribution >= 0.6 is 0 Å². The van der Waals surface area contributed by atoms with Crippen molar-refractivity contribution >= 4 is 28.6 Å². The maximum absolute atomic E-state index is 15.4. The molecule has 232 valence electrons. The summed E-state index contributed by atoms with van der Waals surface area (Å²) in [7, 11) is 0. The van der Waals surface area contributed by atoms with Crippen molar-refractivity contribution in [3.05, 3.63) is 99.0 Å². The lowest BCUT2D eigenvalue weighted by molar-refractivity contribution is 0.379. The van der Waals surface area contributed by atoms with E-state index in [1.165, 1.54) is 0 Å². The third-order valence-electron chi connectivity index (χ3n) is 6.48. The quantitative estimate of drug-likeness (QED) is 0.148. The molecular formula is C25H7BF15N2O-. The Balaban J connectivity index is 2.39. The summed E-state index contributed by atoms with van der Waals surface area (Å²) in [5, 5.41) is 2.22. The largest absolute Gasteiger partial charge is 0.433 e. The van der Waals surface area contributed by atoms with Crippen molar-refractivity contribution in [1.82, 2.24) is 5.32 Å². The summed E-state index contributed by atoms with van der Waals surface area (Å²) >= 11 is 0. The standard InChI is InChI=1S/C25H7BF15N2O/c1-2-3-42-25-43-5-6(44-25)4-26(7-10(27)16(33)22(39)17(34)11(7)28,8-12(29)18(35)23(40)19(36)13(8)30)9-14(31)20(37)24(41)21(38)15(9)32/h1,4H,3,5H2,(H,42,43)/q-1/b6-4+. The van der Waals surface area contributed by atoms with Crippen LogP contribution in [-0.2, 0) is 4.74 Å². The maximum atomic E-state index is 15.4. The minimum absolute atomic E-state index is 0.330. The Morgan fingerprint density at radius 2 is 0.864 bits per heavy atom. The van der Waals surface area contributed by atoms with Gasteiger partial charge in [0.15, 0.2) is 52.4 Å². The molecule has 0 amide bonds. The molecule has 0 fully saturated rings. The molecule has 19 heteroatoms. The van der Waals surface area contributed by atoms with Gasteiger partial charge in [-0.05, 0) is 0 Å². The molecule has 0 atom stereocenters. The molecule has 3 aromatic carbocycles. The van der Waals surface area contributed by atoms with Crippen LogP contribution < -0.4 is 21.7 Å². The predicted octanol–water partition coefficient (Wildman–Crippen LogP) is 4.28. The SMILES string of the molecule is C#CCNC1=NC/C(=C\[B-](c2c(F)c(F)c(F)c(F)c2F)(c2c(F)c(F)c(F)c(F)c2F)c2c(F)c(F)c(F)c(F)c2F)O1. The summed E-state index contributed by atoms with van der Waals surface area (Å²) in [6.07, 6.45) is -0.890. The smallest absolute Gasteiger partial charge is 0.291 e. The molecule has 1 heterocycles. The molecule has 0 saturated heterocycles. The molecule has 1 aliphatic rings. The Labute approximate surface area is 234 Å². The van der Waals surface area contributed by atoms with Crippen LogP contribution in [0.4, 0.5) is 65.9 Å². The molecule has 0 spiro atoms. The second kappa shape index (κ2) is 11.4. The Morgan fingerprint density at radius 1 is 0.568 bits per heavy atom. The molecule has 0 unspecified atom stereocenters. The first-order valence-electron chi connectivity index (χ1n) is 11.4. The Kier molecular flexibility index (Phi) is 8.33. The Morgan fingerprint density at radius 3 is 1.16 bits per heavy atom. The topological polar surface area (TPSA) is 33.6 Å². The lowest BCUT2D eigenvalue weighted by atomic mass is 9.15. The number of nitrogens with one attached hydrogen (secondary N) is 1. The first kappa shape index (κ1) is 32.2. The first-order valence-corrected chi connectivity index (χ1v) is 11.4. The van der Waals surface area contributed by atoms with Crippen LogP contribution in [0.3, 0.4) is 0 Å². The van der Waals surface area contributed by atoms with Crippen molar-refractivity contribution in [3.8, 4) is 12.3 Å². The normalized spacial score (nSPS) is 14.1. The minimum Gasteiger partial charge on any atom is -0.433 e. The summed E-state index contributed by atoms with van der Waals surface area (Å²) in [4.78, 5) is 3.54. The van der Waals surface area contributed by atoms with Crippen molar-refractivity contribution in [2.45, 2.75) is 0 Å². The zero-order chi connectivity index (χ0) is 33.0. The molecule has 0 aliphatic carbocycles. The summed E-state index contributed by atoms with van der Waals surface area (Å²) < 4.78 is 226. The van der Waals surface area contributed by atoms with Gasteiger partial charge in [0, 0.05) is 0 Å². The number of amidine groups is 1. The number of hydrogen-bond acceptors (Lipinski definition) is 3. The molecule has 3 aromatic rings. The monoisotopic (exact) mass is 647 g/mol. The molecule has 4 rings (SSSR count). The number of rotatable bonds is 5. The van der Waals surface area contributed by atoms with E-state index in [1.807, 2.05) is 5.92 Å². The average molecular weight is 647 g/mol. The van der Waals surface area contributed by atoms with Gasteiger partial charge in [-0.25, -0.2) is 70.8 Å². The van der Waals surface area contributed by atoms with E-state index in [-0.39, 0.29) is 5.98 Å². The zero-order valence-electron chi connectivity index (χ0n) is 20.7. The van der Waals surface area contributed by atoms with Crippen molar-refractivity contribution in [3.63, 3.8) is 0 Å². The number of benzene rings is 3. The number of aliphatic imine (C=N–C) groups is 1. The highest BCUT2D eigenvalue weighted by Crippen LogP contribution is 2.30. The summed E-state index contributed by atoms with van der Waals surface area (Å²) in [6.45, 7) is -1.45.